The molecule has 2 N–H and O–H groups in total. The fourth-order valence-corrected chi connectivity index (χ4v) is 0.295. The first-order valence-corrected chi connectivity index (χ1v) is 2.35. The maximum absolute atomic E-state index is 4.75. The van der Waals surface area contributed by atoms with E-state index >= 15 is 0 Å². The van der Waals surface area contributed by atoms with Crippen molar-refractivity contribution in [3.63, 3.8) is 0 Å². The third-order valence-electron chi connectivity index (χ3n) is 0.701. The molecule has 0 unspecified atom stereocenters. The van der Waals surface area contributed by atoms with Gasteiger partial charge in [-0.05, 0) is 12.1 Å². The lowest BCUT2D eigenvalue weighted by atomic mass is 10.7. The van der Waals surface area contributed by atoms with Gasteiger partial charge in [-0.2, -0.15) is 0 Å². The van der Waals surface area contributed by atoms with Gasteiger partial charge >= 0.3 is 0 Å². The van der Waals surface area contributed by atoms with Crippen molar-refractivity contribution in [3.05, 3.63) is 12.8 Å². The van der Waals surface area contributed by atoms with Gasteiger partial charge in [0.05, 0.1) is 0 Å². The fraction of sp³-hybridized carbons (Fsp3) is 0.500. The summed E-state index contributed by atoms with van der Waals surface area (Å²) >= 11 is 0. The van der Waals surface area contributed by atoms with Gasteiger partial charge in [0, 0.05) is 12.7 Å². The molecule has 0 radical (unpaired) electrons. The summed E-state index contributed by atoms with van der Waals surface area (Å²) in [6.07, 6.45) is 1.55. The summed E-state index contributed by atoms with van der Waals surface area (Å²) in [5, 5.41) is 8.06. The monoisotopic (exact) mass is 114 g/mol. The molecule has 8 heavy (non-hydrogen) atoms. The van der Waals surface area contributed by atoms with Crippen LogP contribution in [0.3, 0.4) is 0 Å². The van der Waals surface area contributed by atoms with E-state index < -0.39 is 0 Å². The minimum absolute atomic E-state index is 0.740. The Morgan fingerprint density at radius 3 is 2.62 bits per heavy atom. The van der Waals surface area contributed by atoms with Gasteiger partial charge < -0.3 is 5.84 Å². The number of hydrogen-bond acceptors (Lipinski definition) is 2. The van der Waals surface area contributed by atoms with Crippen molar-refractivity contribution in [1.82, 2.24) is 5.01 Å². The van der Waals surface area contributed by atoms with Crippen LogP contribution in [0.4, 0.5) is 0 Å². The van der Waals surface area contributed by atoms with E-state index in [4.69, 9.17) is 5.84 Å². The van der Waals surface area contributed by atoms with E-state index in [1.807, 2.05) is 6.92 Å². The minimum Gasteiger partial charge on any atom is -0.303 e. The first-order valence-electron chi connectivity index (χ1n) is 2.35. The van der Waals surface area contributed by atoms with E-state index in [1.54, 1.807) is 6.20 Å². The number of rotatable bonds is 3. The lowest BCUT2D eigenvalue weighted by Gasteiger charge is -2.04. The van der Waals surface area contributed by atoms with Crippen LogP contribution in [0.1, 0.15) is 6.92 Å². The number of nitrogens with zero attached hydrogens (tertiary/aromatic N) is 3. The van der Waals surface area contributed by atoms with Crippen molar-refractivity contribution in [2.24, 2.45) is 16.3 Å². The normalized spacial score (nSPS) is 9.62. The molecule has 0 aromatic carbocycles. The highest BCUT2D eigenvalue weighted by Gasteiger charge is 1.84. The van der Waals surface area contributed by atoms with Crippen LogP contribution in [-0.2, 0) is 0 Å². The Bertz CT molecular complexity index is 88.0. The van der Waals surface area contributed by atoms with Crippen molar-refractivity contribution in [1.29, 1.82) is 0 Å². The first-order chi connectivity index (χ1) is 3.85. The summed E-state index contributed by atoms with van der Waals surface area (Å²) in [4.78, 5) is 0. The quantitative estimate of drug-likeness (QED) is 0.333. The van der Waals surface area contributed by atoms with Crippen LogP contribution >= 0.6 is 0 Å². The van der Waals surface area contributed by atoms with Crippen molar-refractivity contribution < 1.29 is 0 Å². The smallest absolute Gasteiger partial charge is 0.0398 e. The number of hydrogen-bond donors (Lipinski definition) is 1. The van der Waals surface area contributed by atoms with Crippen LogP contribution < -0.4 is 5.84 Å². The Morgan fingerprint density at radius 1 is 1.88 bits per heavy atom. The standard InChI is InChI=1S/C4H10N4/c1-3-8(4-2)7-6-5/h3H,1,4H2,2H3,(H2,5,7). The van der Waals surface area contributed by atoms with Crippen LogP contribution in [0.15, 0.2) is 23.2 Å². The van der Waals surface area contributed by atoms with Gasteiger partial charge in [-0.1, -0.05) is 11.8 Å². The van der Waals surface area contributed by atoms with Gasteiger partial charge in [0.2, 0.25) is 0 Å². The Kier molecular flexibility index (Phi) is 3.56. The Labute approximate surface area is 48.6 Å². The molecule has 0 aromatic heterocycles. The molecule has 46 valence electrons. The third kappa shape index (κ3) is 2.17. The molecule has 0 heterocycles. The van der Waals surface area contributed by atoms with E-state index in [9.17, 15) is 0 Å². The van der Waals surface area contributed by atoms with Crippen LogP contribution in [0, 0.1) is 0 Å². The molecule has 0 aliphatic heterocycles. The Hall–Kier alpha value is -1.06. The second kappa shape index (κ2) is 4.11. The molecule has 0 amide bonds. The molecule has 0 spiro atoms. The maximum Gasteiger partial charge on any atom is 0.0398 e. The second-order valence-corrected chi connectivity index (χ2v) is 1.14. The minimum atomic E-state index is 0.740. The molecule has 4 heteroatoms. The van der Waals surface area contributed by atoms with E-state index in [0.29, 0.717) is 0 Å². The zero-order valence-corrected chi connectivity index (χ0v) is 4.91. The van der Waals surface area contributed by atoms with Gasteiger partial charge in [-0.3, -0.25) is 5.01 Å². The molecule has 4 nitrogen and oxygen atoms in total. The van der Waals surface area contributed by atoms with E-state index in [2.05, 4.69) is 17.0 Å². The van der Waals surface area contributed by atoms with Crippen LogP contribution in [0.25, 0.3) is 0 Å². The lowest BCUT2D eigenvalue weighted by molar-refractivity contribution is 0.389. The average Bonchev–Trinajstić information content (AvgIpc) is 1.83. The Balaban J connectivity index is 3.52. The summed E-state index contributed by atoms with van der Waals surface area (Å²) < 4.78 is 0. The lowest BCUT2D eigenvalue weighted by Crippen LogP contribution is -2.06. The van der Waals surface area contributed by atoms with E-state index in [-0.39, 0.29) is 0 Å². The fourth-order valence-electron chi connectivity index (χ4n) is 0.295. The molecule has 0 bridgehead atoms. The first kappa shape index (κ1) is 6.94. The predicted octanol–water partition coefficient (Wildman–Crippen LogP) is 0.693. The summed E-state index contributed by atoms with van der Waals surface area (Å²) in [7, 11) is 0. The maximum atomic E-state index is 4.75. The van der Waals surface area contributed by atoms with E-state index in [0.717, 1.165) is 6.54 Å². The van der Waals surface area contributed by atoms with E-state index in [1.165, 1.54) is 5.01 Å². The zero-order valence-electron chi connectivity index (χ0n) is 4.91. The molecule has 0 saturated heterocycles. The van der Waals surface area contributed by atoms with Crippen LogP contribution in [0.2, 0.25) is 0 Å². The highest BCUT2D eigenvalue weighted by molar-refractivity contribution is 4.62. The highest BCUT2D eigenvalue weighted by Crippen LogP contribution is 1.85. The highest BCUT2D eigenvalue weighted by atomic mass is 15.6. The van der Waals surface area contributed by atoms with Gasteiger partial charge in [0.1, 0.15) is 0 Å². The Morgan fingerprint density at radius 2 is 2.50 bits per heavy atom. The van der Waals surface area contributed by atoms with Crippen molar-refractivity contribution in [2.75, 3.05) is 6.54 Å². The van der Waals surface area contributed by atoms with Gasteiger partial charge in [-0.15, -0.1) is 0 Å². The van der Waals surface area contributed by atoms with Crippen molar-refractivity contribution >= 4 is 0 Å². The summed E-state index contributed by atoms with van der Waals surface area (Å²) in [6, 6.07) is 0. The second-order valence-electron chi connectivity index (χ2n) is 1.14. The van der Waals surface area contributed by atoms with Gasteiger partial charge in [0.15, 0.2) is 0 Å². The molecule has 0 rings (SSSR count). The SMILES string of the molecule is C=CN(CC)/N=N\N. The topological polar surface area (TPSA) is 54.0 Å². The molecule has 0 saturated carbocycles. The van der Waals surface area contributed by atoms with Gasteiger partial charge in [0.25, 0.3) is 0 Å². The molecule has 0 fully saturated rings. The largest absolute Gasteiger partial charge is 0.303 e. The molecule has 0 aliphatic carbocycles. The van der Waals surface area contributed by atoms with Crippen LogP contribution in [-0.4, -0.2) is 11.6 Å². The summed E-state index contributed by atoms with van der Waals surface area (Å²) in [6.45, 7) is 6.13. The third-order valence-corrected chi connectivity index (χ3v) is 0.701. The molecular weight excluding hydrogens is 104 g/mol. The van der Waals surface area contributed by atoms with Crippen molar-refractivity contribution in [2.45, 2.75) is 6.92 Å². The van der Waals surface area contributed by atoms with Crippen molar-refractivity contribution in [3.8, 4) is 0 Å². The summed E-state index contributed by atoms with van der Waals surface area (Å²) in [5.74, 6) is 4.75. The average molecular weight is 114 g/mol. The molecule has 0 aliphatic rings. The van der Waals surface area contributed by atoms with Crippen LogP contribution in [0.5, 0.6) is 0 Å². The molecule has 0 atom stereocenters. The zero-order chi connectivity index (χ0) is 6.41. The van der Waals surface area contributed by atoms with Gasteiger partial charge in [-0.25, -0.2) is 0 Å². The molecule has 0 aromatic rings. The predicted molar refractivity (Wildman–Crippen MR) is 31.6 cm³/mol. The summed E-state index contributed by atoms with van der Waals surface area (Å²) in [5.41, 5.74) is 0. The molecular formula is C4H10N4. The number of nitrogens with two attached hydrogens (primary N) is 1.